The van der Waals surface area contributed by atoms with Crippen molar-refractivity contribution in [2.24, 2.45) is 11.1 Å². The molecule has 98 valence electrons. The first-order valence-electron chi connectivity index (χ1n) is 5.12. The minimum atomic E-state index is -0.704. The molecule has 0 aliphatic carbocycles. The second-order valence-corrected chi connectivity index (χ2v) is 5.79. The highest BCUT2D eigenvalue weighted by Crippen LogP contribution is 2.35. The SMILES string of the molecule is CC(C)(C)[C@@H](O)[C@@H](N)c1c(Cl)cccc1Cl.Cl. The van der Waals surface area contributed by atoms with E-state index in [4.69, 9.17) is 28.9 Å². The Bertz CT molecular complexity index is 356. The van der Waals surface area contributed by atoms with Crippen LogP contribution in [0.3, 0.4) is 0 Å². The first kappa shape index (κ1) is 17.0. The molecule has 17 heavy (non-hydrogen) atoms. The molecule has 0 radical (unpaired) electrons. The average Bonchev–Trinajstić information content (AvgIpc) is 2.14. The van der Waals surface area contributed by atoms with Crippen LogP contribution >= 0.6 is 35.6 Å². The van der Waals surface area contributed by atoms with Gasteiger partial charge in [0, 0.05) is 15.6 Å². The minimum absolute atomic E-state index is 0. The number of aliphatic hydroxyl groups excluding tert-OH is 1. The van der Waals surface area contributed by atoms with Crippen LogP contribution in [0, 0.1) is 5.41 Å². The molecule has 3 N–H and O–H groups in total. The van der Waals surface area contributed by atoms with Crippen molar-refractivity contribution in [3.8, 4) is 0 Å². The fourth-order valence-corrected chi connectivity index (χ4v) is 2.18. The van der Waals surface area contributed by atoms with Gasteiger partial charge in [0.05, 0.1) is 12.1 Å². The molecule has 0 bridgehead atoms. The number of rotatable bonds is 2. The molecule has 1 rings (SSSR count). The van der Waals surface area contributed by atoms with E-state index in [1.54, 1.807) is 18.2 Å². The maximum Gasteiger partial charge on any atom is 0.0782 e. The van der Waals surface area contributed by atoms with Gasteiger partial charge in [-0.25, -0.2) is 0 Å². The molecule has 0 saturated heterocycles. The first-order valence-corrected chi connectivity index (χ1v) is 5.88. The van der Waals surface area contributed by atoms with Crippen LogP contribution in [-0.2, 0) is 0 Å². The van der Waals surface area contributed by atoms with Gasteiger partial charge < -0.3 is 10.8 Å². The van der Waals surface area contributed by atoms with Crippen LogP contribution in [-0.4, -0.2) is 11.2 Å². The van der Waals surface area contributed by atoms with Gasteiger partial charge in [-0.2, -0.15) is 0 Å². The zero-order valence-corrected chi connectivity index (χ0v) is 12.4. The summed E-state index contributed by atoms with van der Waals surface area (Å²) in [5.41, 5.74) is 6.29. The van der Waals surface area contributed by atoms with Gasteiger partial charge in [0.1, 0.15) is 0 Å². The molecule has 5 heteroatoms. The highest BCUT2D eigenvalue weighted by molar-refractivity contribution is 6.36. The molecular weight excluding hydrogens is 280 g/mol. The standard InChI is InChI=1S/C12H17Cl2NO.ClH/c1-12(2,3)11(16)10(15)9-7(13)5-4-6-8(9)14;/h4-6,10-11,16H,15H2,1-3H3;1H/t10-,11-;/m0./s1. The van der Waals surface area contributed by atoms with Crippen LogP contribution in [0.2, 0.25) is 10.0 Å². The maximum atomic E-state index is 10.1. The van der Waals surface area contributed by atoms with Gasteiger partial charge in [-0.05, 0) is 17.5 Å². The summed E-state index contributed by atoms with van der Waals surface area (Å²) < 4.78 is 0. The lowest BCUT2D eigenvalue weighted by Crippen LogP contribution is -2.37. The van der Waals surface area contributed by atoms with E-state index in [0.29, 0.717) is 15.6 Å². The maximum absolute atomic E-state index is 10.1. The molecule has 0 amide bonds. The fraction of sp³-hybridized carbons (Fsp3) is 0.500. The number of nitrogens with two attached hydrogens (primary N) is 1. The molecule has 0 aliphatic rings. The third-order valence-electron chi connectivity index (χ3n) is 2.56. The molecule has 0 aromatic heterocycles. The van der Waals surface area contributed by atoms with Gasteiger partial charge in [0.2, 0.25) is 0 Å². The second kappa shape index (κ2) is 6.26. The molecule has 1 aromatic carbocycles. The Kier molecular flexibility index (Phi) is 6.26. The lowest BCUT2D eigenvalue weighted by Gasteiger charge is -2.31. The molecular formula is C12H18Cl3NO. The van der Waals surface area contributed by atoms with E-state index >= 15 is 0 Å². The molecule has 0 aliphatic heterocycles. The summed E-state index contributed by atoms with van der Waals surface area (Å²) in [5, 5.41) is 11.1. The van der Waals surface area contributed by atoms with Crippen LogP contribution in [0.25, 0.3) is 0 Å². The summed E-state index contributed by atoms with van der Waals surface area (Å²) in [6.07, 6.45) is -0.704. The van der Waals surface area contributed by atoms with Crippen LogP contribution < -0.4 is 5.73 Å². The predicted octanol–water partition coefficient (Wildman–Crippen LogP) is 3.82. The molecule has 2 atom stereocenters. The normalized spacial score (nSPS) is 15.0. The number of aliphatic hydroxyl groups is 1. The second-order valence-electron chi connectivity index (χ2n) is 4.97. The molecule has 0 heterocycles. The Morgan fingerprint density at radius 1 is 1.18 bits per heavy atom. The number of halogens is 3. The molecule has 1 aromatic rings. The Morgan fingerprint density at radius 2 is 1.59 bits per heavy atom. The summed E-state index contributed by atoms with van der Waals surface area (Å²) in [4.78, 5) is 0. The number of hydrogen-bond donors (Lipinski definition) is 2. The lowest BCUT2D eigenvalue weighted by molar-refractivity contribution is 0.0401. The van der Waals surface area contributed by atoms with E-state index in [-0.39, 0.29) is 17.8 Å². The van der Waals surface area contributed by atoms with Crippen molar-refractivity contribution in [1.82, 2.24) is 0 Å². The Morgan fingerprint density at radius 3 is 1.94 bits per heavy atom. The van der Waals surface area contributed by atoms with Crippen molar-refractivity contribution in [1.29, 1.82) is 0 Å². The van der Waals surface area contributed by atoms with Crippen molar-refractivity contribution in [3.05, 3.63) is 33.8 Å². The monoisotopic (exact) mass is 297 g/mol. The summed E-state index contributed by atoms with van der Waals surface area (Å²) in [6.45, 7) is 5.76. The Labute approximate surface area is 119 Å². The van der Waals surface area contributed by atoms with Gasteiger partial charge in [-0.3, -0.25) is 0 Å². The molecule has 2 nitrogen and oxygen atoms in total. The summed E-state index contributed by atoms with van der Waals surface area (Å²) in [5.74, 6) is 0. The molecule has 0 saturated carbocycles. The van der Waals surface area contributed by atoms with E-state index in [1.807, 2.05) is 20.8 Å². The van der Waals surface area contributed by atoms with Crippen molar-refractivity contribution in [2.45, 2.75) is 32.9 Å². The lowest BCUT2D eigenvalue weighted by atomic mass is 9.82. The third-order valence-corrected chi connectivity index (χ3v) is 3.22. The quantitative estimate of drug-likeness (QED) is 0.872. The van der Waals surface area contributed by atoms with E-state index in [2.05, 4.69) is 0 Å². The minimum Gasteiger partial charge on any atom is -0.391 e. The van der Waals surface area contributed by atoms with Crippen LogP contribution in [0.1, 0.15) is 32.4 Å². The van der Waals surface area contributed by atoms with Gasteiger partial charge in [0.15, 0.2) is 0 Å². The summed E-state index contributed by atoms with van der Waals surface area (Å²) in [6, 6.07) is 4.61. The van der Waals surface area contributed by atoms with E-state index < -0.39 is 12.1 Å². The highest BCUT2D eigenvalue weighted by Gasteiger charge is 2.31. The Hall–Kier alpha value is 0.01000. The first-order chi connectivity index (χ1) is 7.25. The van der Waals surface area contributed by atoms with Gasteiger partial charge in [-0.1, -0.05) is 50.0 Å². The number of hydrogen-bond acceptors (Lipinski definition) is 2. The van der Waals surface area contributed by atoms with Crippen LogP contribution in [0.5, 0.6) is 0 Å². The number of benzene rings is 1. The smallest absolute Gasteiger partial charge is 0.0782 e. The van der Waals surface area contributed by atoms with Crippen molar-refractivity contribution < 1.29 is 5.11 Å². The van der Waals surface area contributed by atoms with E-state index in [9.17, 15) is 5.11 Å². The van der Waals surface area contributed by atoms with Gasteiger partial charge in [-0.15, -0.1) is 12.4 Å². The van der Waals surface area contributed by atoms with E-state index in [1.165, 1.54) is 0 Å². The highest BCUT2D eigenvalue weighted by atomic mass is 35.5. The predicted molar refractivity (Wildman–Crippen MR) is 76.1 cm³/mol. The fourth-order valence-electron chi connectivity index (χ4n) is 1.53. The summed E-state index contributed by atoms with van der Waals surface area (Å²) >= 11 is 12.1. The van der Waals surface area contributed by atoms with Gasteiger partial charge in [0.25, 0.3) is 0 Å². The molecule has 0 unspecified atom stereocenters. The van der Waals surface area contributed by atoms with Gasteiger partial charge >= 0.3 is 0 Å². The van der Waals surface area contributed by atoms with E-state index in [0.717, 1.165) is 0 Å². The average molecular weight is 299 g/mol. The zero-order chi connectivity index (χ0) is 12.5. The largest absolute Gasteiger partial charge is 0.391 e. The van der Waals surface area contributed by atoms with Crippen LogP contribution in [0.4, 0.5) is 0 Å². The van der Waals surface area contributed by atoms with Crippen molar-refractivity contribution in [3.63, 3.8) is 0 Å². The topological polar surface area (TPSA) is 46.2 Å². The van der Waals surface area contributed by atoms with Crippen LogP contribution in [0.15, 0.2) is 18.2 Å². The zero-order valence-electron chi connectivity index (χ0n) is 10.1. The molecule has 0 fully saturated rings. The summed E-state index contributed by atoms with van der Waals surface area (Å²) in [7, 11) is 0. The third kappa shape index (κ3) is 4.01. The van der Waals surface area contributed by atoms with Crippen molar-refractivity contribution in [2.75, 3.05) is 0 Å². The molecule has 0 spiro atoms. The van der Waals surface area contributed by atoms with Crippen molar-refractivity contribution >= 4 is 35.6 Å². The Balaban J connectivity index is 0.00000256.